The number of nitrogens with zero attached hydrogens (tertiary/aromatic N) is 3. The SMILES string of the molecule is Cc1cccc(NC(=NCc2c(C)nn(C)c2C)NC(=O)c2cccc(Cl)c2)c1. The number of carbonyl (C=O) groups excluding carboxylic acids is 1. The van der Waals surface area contributed by atoms with Crippen LogP contribution in [-0.2, 0) is 13.6 Å². The molecule has 0 aliphatic heterocycles. The summed E-state index contributed by atoms with van der Waals surface area (Å²) in [6, 6.07) is 14.7. The zero-order valence-corrected chi connectivity index (χ0v) is 17.7. The lowest BCUT2D eigenvalue weighted by molar-refractivity contribution is 0.0977. The molecule has 2 aromatic carbocycles. The molecule has 1 amide bonds. The van der Waals surface area contributed by atoms with Gasteiger partial charge in [0.1, 0.15) is 0 Å². The summed E-state index contributed by atoms with van der Waals surface area (Å²) >= 11 is 6.02. The fraction of sp³-hybridized carbons (Fsp3) is 0.227. The highest BCUT2D eigenvalue weighted by molar-refractivity contribution is 6.31. The lowest BCUT2D eigenvalue weighted by atomic mass is 10.2. The number of aliphatic imine (C=N–C) groups is 1. The summed E-state index contributed by atoms with van der Waals surface area (Å²) in [6.45, 7) is 6.36. The Labute approximate surface area is 175 Å². The molecule has 0 bridgehead atoms. The van der Waals surface area contributed by atoms with Crippen molar-refractivity contribution in [3.8, 4) is 0 Å². The molecule has 2 N–H and O–H groups in total. The van der Waals surface area contributed by atoms with E-state index in [0.29, 0.717) is 23.1 Å². The van der Waals surface area contributed by atoms with Crippen LogP contribution < -0.4 is 10.6 Å². The van der Waals surface area contributed by atoms with Gasteiger partial charge in [0.15, 0.2) is 0 Å². The molecule has 0 unspecified atom stereocenters. The maximum atomic E-state index is 12.7. The molecule has 1 heterocycles. The van der Waals surface area contributed by atoms with Gasteiger partial charge in [-0.2, -0.15) is 5.10 Å². The molecule has 0 radical (unpaired) electrons. The summed E-state index contributed by atoms with van der Waals surface area (Å²) in [4.78, 5) is 17.3. The highest BCUT2D eigenvalue weighted by Crippen LogP contribution is 2.15. The van der Waals surface area contributed by atoms with Crippen molar-refractivity contribution >= 4 is 29.2 Å². The summed E-state index contributed by atoms with van der Waals surface area (Å²) in [5.41, 5.74) is 5.41. The number of halogens is 1. The summed E-state index contributed by atoms with van der Waals surface area (Å²) in [5, 5.41) is 11.0. The molecule has 6 nitrogen and oxygen atoms in total. The molecule has 7 heteroatoms. The molecule has 29 heavy (non-hydrogen) atoms. The monoisotopic (exact) mass is 409 g/mol. The third-order valence-electron chi connectivity index (χ3n) is 4.65. The quantitative estimate of drug-likeness (QED) is 0.495. The number of hydrogen-bond donors (Lipinski definition) is 2. The molecular formula is C22H24ClN5O. The van der Waals surface area contributed by atoms with Crippen LogP contribution in [0.25, 0.3) is 0 Å². The fourth-order valence-corrected chi connectivity index (χ4v) is 3.17. The molecule has 0 atom stereocenters. The highest BCUT2D eigenvalue weighted by atomic mass is 35.5. The Morgan fingerprint density at radius 3 is 2.55 bits per heavy atom. The summed E-state index contributed by atoms with van der Waals surface area (Å²) in [6.07, 6.45) is 0. The molecule has 0 fully saturated rings. The van der Waals surface area contributed by atoms with Gasteiger partial charge >= 0.3 is 0 Å². The predicted molar refractivity (Wildman–Crippen MR) is 118 cm³/mol. The van der Waals surface area contributed by atoms with Gasteiger partial charge in [-0.3, -0.25) is 14.8 Å². The minimum absolute atomic E-state index is 0.286. The number of hydrogen-bond acceptors (Lipinski definition) is 3. The van der Waals surface area contributed by atoms with Crippen molar-refractivity contribution in [2.24, 2.45) is 12.0 Å². The first kappa shape index (κ1) is 20.6. The summed E-state index contributed by atoms with van der Waals surface area (Å²) in [5.74, 6) is 0.0780. The highest BCUT2D eigenvalue weighted by Gasteiger charge is 2.12. The Kier molecular flexibility index (Phi) is 6.34. The van der Waals surface area contributed by atoms with E-state index in [2.05, 4.69) is 20.7 Å². The predicted octanol–water partition coefficient (Wildman–Crippen LogP) is 4.40. The van der Waals surface area contributed by atoms with Gasteiger partial charge in [0.2, 0.25) is 5.96 Å². The van der Waals surface area contributed by atoms with E-state index in [9.17, 15) is 4.79 Å². The van der Waals surface area contributed by atoms with Crippen LogP contribution in [0.2, 0.25) is 5.02 Å². The standard InChI is InChI=1S/C22H24ClN5O/c1-14-7-5-10-19(11-14)25-22(24-13-20-15(2)27-28(4)16(20)3)26-21(29)17-8-6-9-18(23)12-17/h5-12H,13H2,1-4H3,(H2,24,25,26,29). The van der Waals surface area contributed by atoms with Gasteiger partial charge in [0.25, 0.3) is 5.91 Å². The van der Waals surface area contributed by atoms with E-state index in [4.69, 9.17) is 11.6 Å². The van der Waals surface area contributed by atoms with E-state index in [0.717, 1.165) is 28.2 Å². The smallest absolute Gasteiger partial charge is 0.258 e. The van der Waals surface area contributed by atoms with E-state index >= 15 is 0 Å². The molecule has 0 saturated carbocycles. The van der Waals surface area contributed by atoms with E-state index in [1.54, 1.807) is 24.3 Å². The van der Waals surface area contributed by atoms with Crippen molar-refractivity contribution in [1.82, 2.24) is 15.1 Å². The number of aryl methyl sites for hydroxylation is 3. The van der Waals surface area contributed by atoms with Gasteiger partial charge in [-0.05, 0) is 56.7 Å². The van der Waals surface area contributed by atoms with Crippen LogP contribution >= 0.6 is 11.6 Å². The maximum Gasteiger partial charge on any atom is 0.258 e. The van der Waals surface area contributed by atoms with Crippen molar-refractivity contribution in [3.63, 3.8) is 0 Å². The molecule has 0 saturated heterocycles. The fourth-order valence-electron chi connectivity index (χ4n) is 2.98. The molecule has 1 aromatic heterocycles. The normalized spacial score (nSPS) is 11.4. The average molecular weight is 410 g/mol. The van der Waals surface area contributed by atoms with E-state index in [1.165, 1.54) is 0 Å². The van der Waals surface area contributed by atoms with Crippen LogP contribution in [0.5, 0.6) is 0 Å². The topological polar surface area (TPSA) is 71.3 Å². The molecule has 3 rings (SSSR count). The van der Waals surface area contributed by atoms with Crippen LogP contribution in [0, 0.1) is 20.8 Å². The van der Waals surface area contributed by atoms with Gasteiger partial charge in [0, 0.05) is 34.6 Å². The third-order valence-corrected chi connectivity index (χ3v) is 4.89. The Morgan fingerprint density at radius 2 is 1.90 bits per heavy atom. The molecule has 150 valence electrons. The van der Waals surface area contributed by atoms with E-state index in [1.807, 2.05) is 56.8 Å². The second-order valence-corrected chi connectivity index (χ2v) is 7.33. The number of nitrogens with one attached hydrogen (secondary N) is 2. The van der Waals surface area contributed by atoms with Crippen LogP contribution in [0.3, 0.4) is 0 Å². The minimum Gasteiger partial charge on any atom is -0.326 e. The maximum absolute atomic E-state index is 12.7. The van der Waals surface area contributed by atoms with E-state index in [-0.39, 0.29) is 5.91 Å². The molecule has 0 aliphatic carbocycles. The van der Waals surface area contributed by atoms with Crippen LogP contribution in [0.4, 0.5) is 5.69 Å². The number of guanidine groups is 1. The number of amides is 1. The molecule has 0 spiro atoms. The minimum atomic E-state index is -0.286. The van der Waals surface area contributed by atoms with Crippen molar-refractivity contribution in [3.05, 3.63) is 81.6 Å². The lowest BCUT2D eigenvalue weighted by Gasteiger charge is -2.13. The van der Waals surface area contributed by atoms with Crippen LogP contribution in [-0.4, -0.2) is 21.6 Å². The van der Waals surface area contributed by atoms with Gasteiger partial charge in [-0.25, -0.2) is 4.99 Å². The third kappa shape index (κ3) is 5.23. The van der Waals surface area contributed by atoms with Gasteiger partial charge in [-0.1, -0.05) is 29.8 Å². The van der Waals surface area contributed by atoms with Crippen LogP contribution in [0.15, 0.2) is 53.5 Å². The summed E-state index contributed by atoms with van der Waals surface area (Å²) < 4.78 is 1.83. The number of aromatic nitrogens is 2. The Hall–Kier alpha value is -3.12. The lowest BCUT2D eigenvalue weighted by Crippen LogP contribution is -2.36. The molecular weight excluding hydrogens is 386 g/mol. The first-order chi connectivity index (χ1) is 13.8. The first-order valence-electron chi connectivity index (χ1n) is 9.27. The average Bonchev–Trinajstić information content (AvgIpc) is 2.91. The number of carbonyl (C=O) groups is 1. The van der Waals surface area contributed by atoms with Crippen LogP contribution in [0.1, 0.15) is 32.9 Å². The number of rotatable bonds is 4. The molecule has 0 aliphatic rings. The zero-order valence-electron chi connectivity index (χ0n) is 17.0. The first-order valence-corrected chi connectivity index (χ1v) is 9.65. The van der Waals surface area contributed by atoms with Crippen molar-refractivity contribution in [1.29, 1.82) is 0 Å². The summed E-state index contributed by atoms with van der Waals surface area (Å²) in [7, 11) is 1.91. The second kappa shape index (κ2) is 8.92. The van der Waals surface area contributed by atoms with Gasteiger partial charge in [0.05, 0.1) is 12.2 Å². The zero-order chi connectivity index (χ0) is 21.0. The van der Waals surface area contributed by atoms with Gasteiger partial charge in [-0.15, -0.1) is 0 Å². The van der Waals surface area contributed by atoms with Crippen molar-refractivity contribution < 1.29 is 4.79 Å². The van der Waals surface area contributed by atoms with E-state index < -0.39 is 0 Å². The Morgan fingerprint density at radius 1 is 1.14 bits per heavy atom. The van der Waals surface area contributed by atoms with Crippen molar-refractivity contribution in [2.75, 3.05) is 5.32 Å². The van der Waals surface area contributed by atoms with Gasteiger partial charge < -0.3 is 5.32 Å². The Bertz CT molecular complexity index is 1070. The van der Waals surface area contributed by atoms with Crippen molar-refractivity contribution in [2.45, 2.75) is 27.3 Å². The number of benzene rings is 2. The second-order valence-electron chi connectivity index (χ2n) is 6.90. The largest absolute Gasteiger partial charge is 0.326 e. The number of anilines is 1. The Balaban J connectivity index is 1.87. The molecule has 3 aromatic rings.